The monoisotopic (exact) mass is 292 g/mol. The molecule has 2 aromatic rings. The van der Waals surface area contributed by atoms with Crippen molar-refractivity contribution in [1.29, 1.82) is 0 Å². The number of hydrogen-bond donors (Lipinski definition) is 0. The summed E-state index contributed by atoms with van der Waals surface area (Å²) in [5, 5.41) is 0. The molecule has 0 bridgehead atoms. The molecular formula is C14H10BrFO. The van der Waals surface area contributed by atoms with E-state index in [4.69, 9.17) is 0 Å². The number of carbonyl (C=O) groups is 1. The van der Waals surface area contributed by atoms with Crippen LogP contribution >= 0.6 is 15.9 Å². The normalized spacial score (nSPS) is 10.2. The van der Waals surface area contributed by atoms with Crippen LogP contribution in [0.3, 0.4) is 0 Å². The molecule has 0 heterocycles. The number of hydrogen-bond acceptors (Lipinski definition) is 1. The predicted octanol–water partition coefficient (Wildman–Crippen LogP) is 4.01. The van der Waals surface area contributed by atoms with Crippen LogP contribution in [0.5, 0.6) is 0 Å². The fourth-order valence-electron chi connectivity index (χ4n) is 1.57. The van der Waals surface area contributed by atoms with Gasteiger partial charge in [-0.05, 0) is 29.8 Å². The summed E-state index contributed by atoms with van der Waals surface area (Å²) < 4.78 is 14.3. The van der Waals surface area contributed by atoms with E-state index in [9.17, 15) is 9.18 Å². The summed E-state index contributed by atoms with van der Waals surface area (Å²) in [6.45, 7) is 0. The van der Waals surface area contributed by atoms with Crippen molar-refractivity contribution in [3.63, 3.8) is 0 Å². The number of carbonyl (C=O) groups excluding carboxylic acids is 1. The lowest BCUT2D eigenvalue weighted by molar-refractivity contribution is 0.0989. The Kier molecular flexibility index (Phi) is 3.69. The van der Waals surface area contributed by atoms with Gasteiger partial charge in [-0.25, -0.2) is 4.39 Å². The molecule has 0 saturated heterocycles. The van der Waals surface area contributed by atoms with Gasteiger partial charge in [0.15, 0.2) is 5.78 Å². The van der Waals surface area contributed by atoms with Gasteiger partial charge in [0.05, 0.1) is 5.56 Å². The van der Waals surface area contributed by atoms with Crippen molar-refractivity contribution in [2.45, 2.75) is 6.42 Å². The molecule has 0 aromatic heterocycles. The van der Waals surface area contributed by atoms with E-state index in [-0.39, 0.29) is 17.8 Å². The van der Waals surface area contributed by atoms with Crippen molar-refractivity contribution in [3.8, 4) is 0 Å². The molecule has 0 spiro atoms. The Morgan fingerprint density at radius 3 is 2.35 bits per heavy atom. The molecule has 0 aliphatic heterocycles. The molecule has 2 aromatic carbocycles. The van der Waals surface area contributed by atoms with Crippen LogP contribution in [0, 0.1) is 5.82 Å². The predicted molar refractivity (Wildman–Crippen MR) is 68.6 cm³/mol. The summed E-state index contributed by atoms with van der Waals surface area (Å²) in [5.74, 6) is -0.667. The maximum Gasteiger partial charge on any atom is 0.170 e. The minimum atomic E-state index is -0.463. The van der Waals surface area contributed by atoms with Gasteiger partial charge >= 0.3 is 0 Å². The number of benzene rings is 2. The Hall–Kier alpha value is -1.48. The number of halogens is 2. The fourth-order valence-corrected chi connectivity index (χ4v) is 1.83. The van der Waals surface area contributed by atoms with Crippen LogP contribution in [0.2, 0.25) is 0 Å². The quantitative estimate of drug-likeness (QED) is 0.781. The first-order chi connectivity index (χ1) is 8.16. The van der Waals surface area contributed by atoms with Crippen LogP contribution in [0.25, 0.3) is 0 Å². The van der Waals surface area contributed by atoms with E-state index in [1.807, 2.05) is 24.3 Å². The first-order valence-electron chi connectivity index (χ1n) is 5.19. The van der Waals surface area contributed by atoms with Gasteiger partial charge in [-0.3, -0.25) is 4.79 Å². The van der Waals surface area contributed by atoms with Crippen LogP contribution in [-0.4, -0.2) is 5.78 Å². The third-order valence-corrected chi connectivity index (χ3v) is 2.98. The molecular weight excluding hydrogens is 283 g/mol. The van der Waals surface area contributed by atoms with Crippen molar-refractivity contribution >= 4 is 21.7 Å². The van der Waals surface area contributed by atoms with Gasteiger partial charge in [-0.1, -0.05) is 40.2 Å². The van der Waals surface area contributed by atoms with E-state index in [1.54, 1.807) is 12.1 Å². The van der Waals surface area contributed by atoms with Crippen LogP contribution < -0.4 is 0 Å². The average Bonchev–Trinajstić information content (AvgIpc) is 2.32. The highest BCUT2D eigenvalue weighted by atomic mass is 79.9. The summed E-state index contributed by atoms with van der Waals surface area (Å²) in [6.07, 6.45) is 0.216. The largest absolute Gasteiger partial charge is 0.294 e. The molecule has 0 fully saturated rings. The second-order valence-corrected chi connectivity index (χ2v) is 4.62. The van der Waals surface area contributed by atoms with E-state index in [0.717, 1.165) is 10.0 Å². The maximum atomic E-state index is 13.4. The second-order valence-electron chi connectivity index (χ2n) is 3.71. The Labute approximate surface area is 107 Å². The Morgan fingerprint density at radius 1 is 1.06 bits per heavy atom. The summed E-state index contributed by atoms with van der Waals surface area (Å²) in [5.41, 5.74) is 1.02. The zero-order valence-electron chi connectivity index (χ0n) is 8.99. The average molecular weight is 293 g/mol. The molecule has 0 unspecified atom stereocenters. The van der Waals surface area contributed by atoms with E-state index in [2.05, 4.69) is 15.9 Å². The molecule has 0 amide bonds. The van der Waals surface area contributed by atoms with Crippen LogP contribution in [-0.2, 0) is 6.42 Å². The Bertz CT molecular complexity index is 534. The summed E-state index contributed by atoms with van der Waals surface area (Å²) in [4.78, 5) is 11.9. The first-order valence-corrected chi connectivity index (χ1v) is 5.98. The maximum absolute atomic E-state index is 13.4. The van der Waals surface area contributed by atoms with Crippen LogP contribution in [0.1, 0.15) is 15.9 Å². The molecule has 0 N–H and O–H groups in total. The molecule has 0 atom stereocenters. The van der Waals surface area contributed by atoms with Crippen molar-refractivity contribution in [3.05, 3.63) is 69.9 Å². The van der Waals surface area contributed by atoms with Gasteiger partial charge in [-0.2, -0.15) is 0 Å². The lowest BCUT2D eigenvalue weighted by atomic mass is 10.0. The first kappa shape index (κ1) is 12.0. The molecule has 3 heteroatoms. The minimum Gasteiger partial charge on any atom is -0.294 e. The zero-order chi connectivity index (χ0) is 12.3. The Morgan fingerprint density at radius 2 is 1.71 bits per heavy atom. The van der Waals surface area contributed by atoms with Crippen molar-refractivity contribution in [2.24, 2.45) is 0 Å². The van der Waals surface area contributed by atoms with Crippen molar-refractivity contribution < 1.29 is 9.18 Å². The molecule has 0 aliphatic rings. The lowest BCUT2D eigenvalue weighted by Gasteiger charge is -2.03. The summed E-state index contributed by atoms with van der Waals surface area (Å²) >= 11 is 3.32. The van der Waals surface area contributed by atoms with E-state index >= 15 is 0 Å². The SMILES string of the molecule is O=C(Cc1ccc(Br)cc1)c1ccccc1F. The summed E-state index contributed by atoms with van der Waals surface area (Å²) in [6, 6.07) is 13.5. The summed E-state index contributed by atoms with van der Waals surface area (Å²) in [7, 11) is 0. The molecule has 0 saturated carbocycles. The van der Waals surface area contributed by atoms with Gasteiger partial charge < -0.3 is 0 Å². The van der Waals surface area contributed by atoms with E-state index in [0.29, 0.717) is 0 Å². The van der Waals surface area contributed by atoms with Crippen molar-refractivity contribution in [1.82, 2.24) is 0 Å². The number of ketones is 1. The second kappa shape index (κ2) is 5.23. The van der Waals surface area contributed by atoms with Gasteiger partial charge in [0.2, 0.25) is 0 Å². The van der Waals surface area contributed by atoms with Gasteiger partial charge in [-0.15, -0.1) is 0 Å². The molecule has 17 heavy (non-hydrogen) atoms. The number of Topliss-reactive ketones (excluding diaryl/α,β-unsaturated/α-hetero) is 1. The topological polar surface area (TPSA) is 17.1 Å². The Balaban J connectivity index is 2.17. The smallest absolute Gasteiger partial charge is 0.170 e. The third kappa shape index (κ3) is 3.01. The van der Waals surface area contributed by atoms with Gasteiger partial charge in [0, 0.05) is 10.9 Å². The molecule has 1 nitrogen and oxygen atoms in total. The van der Waals surface area contributed by atoms with Crippen LogP contribution in [0.15, 0.2) is 53.0 Å². The third-order valence-electron chi connectivity index (χ3n) is 2.45. The van der Waals surface area contributed by atoms with Gasteiger partial charge in [0.25, 0.3) is 0 Å². The fraction of sp³-hybridized carbons (Fsp3) is 0.0714. The highest BCUT2D eigenvalue weighted by Gasteiger charge is 2.11. The van der Waals surface area contributed by atoms with Gasteiger partial charge in [0.1, 0.15) is 5.82 Å². The highest BCUT2D eigenvalue weighted by molar-refractivity contribution is 9.10. The highest BCUT2D eigenvalue weighted by Crippen LogP contribution is 2.14. The van der Waals surface area contributed by atoms with E-state index in [1.165, 1.54) is 12.1 Å². The molecule has 86 valence electrons. The standard InChI is InChI=1S/C14H10BrFO/c15-11-7-5-10(6-8-11)9-14(17)12-3-1-2-4-13(12)16/h1-8H,9H2. The molecule has 0 aliphatic carbocycles. The molecule has 2 rings (SSSR count). The lowest BCUT2D eigenvalue weighted by Crippen LogP contribution is -2.05. The van der Waals surface area contributed by atoms with Crippen molar-refractivity contribution in [2.75, 3.05) is 0 Å². The molecule has 0 radical (unpaired) electrons. The minimum absolute atomic E-state index is 0.149. The zero-order valence-corrected chi connectivity index (χ0v) is 10.6. The number of rotatable bonds is 3. The van der Waals surface area contributed by atoms with E-state index < -0.39 is 5.82 Å². The van der Waals surface area contributed by atoms with Crippen LogP contribution in [0.4, 0.5) is 4.39 Å².